The second-order valence-electron chi connectivity index (χ2n) is 5.91. The van der Waals surface area contributed by atoms with Crippen molar-refractivity contribution in [2.75, 3.05) is 0 Å². The van der Waals surface area contributed by atoms with Crippen LogP contribution in [0.15, 0.2) is 82.7 Å². The van der Waals surface area contributed by atoms with Crippen molar-refractivity contribution in [3.63, 3.8) is 0 Å². The summed E-state index contributed by atoms with van der Waals surface area (Å²) in [6.07, 6.45) is 0. The van der Waals surface area contributed by atoms with E-state index in [0.29, 0.717) is 33.1 Å². The minimum atomic E-state index is -0.388. The Kier molecular flexibility index (Phi) is 4.73. The molecule has 0 spiro atoms. The summed E-state index contributed by atoms with van der Waals surface area (Å²) in [7, 11) is 0. The Labute approximate surface area is 158 Å². The van der Waals surface area contributed by atoms with E-state index in [-0.39, 0.29) is 17.2 Å². The van der Waals surface area contributed by atoms with Crippen LogP contribution >= 0.6 is 11.8 Å². The number of rotatable bonds is 4. The molecule has 0 aliphatic heterocycles. The fourth-order valence-electron chi connectivity index (χ4n) is 2.78. The summed E-state index contributed by atoms with van der Waals surface area (Å²) in [4.78, 5) is 17.6. The molecule has 0 aliphatic carbocycles. The molecule has 3 aromatic carbocycles. The van der Waals surface area contributed by atoms with E-state index in [4.69, 9.17) is 0 Å². The lowest BCUT2D eigenvalue weighted by Gasteiger charge is -2.13. The minimum absolute atomic E-state index is 0.247. The van der Waals surface area contributed by atoms with Gasteiger partial charge in [0.2, 0.25) is 0 Å². The average Bonchev–Trinajstić information content (AvgIpc) is 2.69. The Morgan fingerprint density at radius 1 is 0.889 bits per heavy atom. The number of hydrogen-bond donors (Lipinski definition) is 0. The molecule has 0 radical (unpaired) electrons. The molecule has 0 unspecified atom stereocenters. The van der Waals surface area contributed by atoms with E-state index in [1.807, 2.05) is 6.07 Å². The second-order valence-corrected chi connectivity index (χ2v) is 6.85. The van der Waals surface area contributed by atoms with Crippen LogP contribution in [-0.2, 0) is 5.75 Å². The predicted octanol–water partition coefficient (Wildman–Crippen LogP) is 4.96. The van der Waals surface area contributed by atoms with Gasteiger partial charge in [-0.1, -0.05) is 42.1 Å². The first-order chi connectivity index (χ1) is 13.1. The van der Waals surface area contributed by atoms with Gasteiger partial charge in [0.05, 0.1) is 16.6 Å². The number of nitrogens with zero attached hydrogens (tertiary/aromatic N) is 2. The van der Waals surface area contributed by atoms with Gasteiger partial charge in [0.1, 0.15) is 11.6 Å². The summed E-state index contributed by atoms with van der Waals surface area (Å²) in [6.45, 7) is 0. The smallest absolute Gasteiger partial charge is 0.266 e. The molecule has 6 heteroatoms. The quantitative estimate of drug-likeness (QED) is 0.371. The maximum atomic E-state index is 13.9. The van der Waals surface area contributed by atoms with Crippen molar-refractivity contribution < 1.29 is 8.78 Å². The van der Waals surface area contributed by atoms with Crippen LogP contribution in [0.4, 0.5) is 8.78 Å². The Hall–Kier alpha value is -2.99. The molecule has 0 N–H and O–H groups in total. The van der Waals surface area contributed by atoms with E-state index in [2.05, 4.69) is 4.98 Å². The van der Waals surface area contributed by atoms with Gasteiger partial charge in [0, 0.05) is 5.75 Å². The van der Waals surface area contributed by atoms with E-state index in [9.17, 15) is 13.6 Å². The first-order valence-corrected chi connectivity index (χ1v) is 9.26. The number of aromatic nitrogens is 2. The number of halogens is 2. The van der Waals surface area contributed by atoms with Crippen LogP contribution in [0.2, 0.25) is 0 Å². The van der Waals surface area contributed by atoms with Gasteiger partial charge >= 0.3 is 0 Å². The van der Waals surface area contributed by atoms with E-state index in [1.165, 1.54) is 46.7 Å². The van der Waals surface area contributed by atoms with Gasteiger partial charge < -0.3 is 0 Å². The first kappa shape index (κ1) is 17.4. The molecule has 3 nitrogen and oxygen atoms in total. The molecule has 134 valence electrons. The topological polar surface area (TPSA) is 34.9 Å². The highest BCUT2D eigenvalue weighted by Gasteiger charge is 2.14. The lowest BCUT2D eigenvalue weighted by Crippen LogP contribution is -2.21. The normalized spacial score (nSPS) is 11.0. The highest BCUT2D eigenvalue weighted by Crippen LogP contribution is 2.25. The van der Waals surface area contributed by atoms with Crippen LogP contribution in [0, 0.1) is 11.6 Å². The molecule has 0 atom stereocenters. The molecule has 4 aromatic rings. The molecular formula is C21H14F2N2OS. The van der Waals surface area contributed by atoms with Crippen molar-refractivity contribution >= 4 is 22.7 Å². The van der Waals surface area contributed by atoms with E-state index in [0.717, 1.165) is 0 Å². The van der Waals surface area contributed by atoms with Gasteiger partial charge in [-0.3, -0.25) is 9.36 Å². The number of hydrogen-bond acceptors (Lipinski definition) is 3. The van der Waals surface area contributed by atoms with E-state index >= 15 is 0 Å². The predicted molar refractivity (Wildman–Crippen MR) is 103 cm³/mol. The summed E-state index contributed by atoms with van der Waals surface area (Å²) in [6, 6.07) is 19.2. The molecule has 0 bridgehead atoms. The molecule has 4 rings (SSSR count). The average molecular weight is 380 g/mol. The zero-order valence-electron chi connectivity index (χ0n) is 14.1. The zero-order chi connectivity index (χ0) is 18.8. The van der Waals surface area contributed by atoms with Crippen molar-refractivity contribution in [3.05, 3.63) is 100 Å². The standard InChI is InChI=1S/C21H14F2N2OS/c22-15-9-11-16(12-10-15)25-20(26)17-6-2-4-8-19(17)24-21(25)27-13-14-5-1-3-7-18(14)23/h1-12H,13H2. The molecule has 0 fully saturated rings. The van der Waals surface area contributed by atoms with Crippen LogP contribution in [0.3, 0.4) is 0 Å². The van der Waals surface area contributed by atoms with E-state index < -0.39 is 0 Å². The van der Waals surface area contributed by atoms with Crippen LogP contribution in [0.25, 0.3) is 16.6 Å². The molecule has 0 saturated carbocycles. The molecule has 1 heterocycles. The fraction of sp³-hybridized carbons (Fsp3) is 0.0476. The monoisotopic (exact) mass is 380 g/mol. The molecule has 1 aromatic heterocycles. The second kappa shape index (κ2) is 7.32. The zero-order valence-corrected chi connectivity index (χ0v) is 14.9. The van der Waals surface area contributed by atoms with Crippen LogP contribution in [0.5, 0.6) is 0 Å². The van der Waals surface area contributed by atoms with Gasteiger partial charge in [0.15, 0.2) is 5.16 Å². The van der Waals surface area contributed by atoms with Crippen molar-refractivity contribution in [2.45, 2.75) is 10.9 Å². The van der Waals surface area contributed by atoms with Crippen molar-refractivity contribution in [3.8, 4) is 5.69 Å². The number of benzene rings is 3. The summed E-state index contributed by atoms with van der Waals surface area (Å²) in [5, 5.41) is 0.894. The number of fused-ring (bicyclic) bond motifs is 1. The van der Waals surface area contributed by atoms with Gasteiger partial charge in [-0.05, 0) is 48.0 Å². The van der Waals surface area contributed by atoms with E-state index in [1.54, 1.807) is 36.4 Å². The largest absolute Gasteiger partial charge is 0.268 e. The minimum Gasteiger partial charge on any atom is -0.268 e. The highest BCUT2D eigenvalue weighted by molar-refractivity contribution is 7.98. The van der Waals surface area contributed by atoms with Gasteiger partial charge in [-0.15, -0.1) is 0 Å². The Morgan fingerprint density at radius 3 is 2.37 bits per heavy atom. The Bertz CT molecular complexity index is 1170. The Balaban J connectivity index is 1.84. The summed E-state index contributed by atoms with van der Waals surface area (Å²) in [5.74, 6) is -0.374. The molecule has 0 aliphatic rings. The summed E-state index contributed by atoms with van der Waals surface area (Å²) < 4.78 is 28.7. The fourth-order valence-corrected chi connectivity index (χ4v) is 3.78. The van der Waals surface area contributed by atoms with Crippen molar-refractivity contribution in [2.24, 2.45) is 0 Å². The van der Waals surface area contributed by atoms with Crippen molar-refractivity contribution in [1.29, 1.82) is 0 Å². The SMILES string of the molecule is O=c1c2ccccc2nc(SCc2ccccc2F)n1-c1ccc(F)cc1. The maximum Gasteiger partial charge on any atom is 0.266 e. The Morgan fingerprint density at radius 2 is 1.59 bits per heavy atom. The maximum absolute atomic E-state index is 13.9. The van der Waals surface area contributed by atoms with Crippen LogP contribution in [0.1, 0.15) is 5.56 Å². The molecule has 0 amide bonds. The third-order valence-electron chi connectivity index (χ3n) is 4.14. The van der Waals surface area contributed by atoms with Gasteiger partial charge in [-0.2, -0.15) is 0 Å². The third-order valence-corrected chi connectivity index (χ3v) is 5.13. The summed E-state index contributed by atoms with van der Waals surface area (Å²) in [5.41, 5.74) is 1.35. The van der Waals surface area contributed by atoms with Crippen LogP contribution < -0.4 is 5.56 Å². The van der Waals surface area contributed by atoms with Gasteiger partial charge in [-0.25, -0.2) is 13.8 Å². The highest BCUT2D eigenvalue weighted by atomic mass is 32.2. The number of thioether (sulfide) groups is 1. The van der Waals surface area contributed by atoms with Crippen LogP contribution in [-0.4, -0.2) is 9.55 Å². The number of para-hydroxylation sites is 1. The van der Waals surface area contributed by atoms with Crippen molar-refractivity contribution in [1.82, 2.24) is 9.55 Å². The van der Waals surface area contributed by atoms with Gasteiger partial charge in [0.25, 0.3) is 5.56 Å². The summed E-state index contributed by atoms with van der Waals surface area (Å²) >= 11 is 1.26. The molecule has 0 saturated heterocycles. The molecule has 27 heavy (non-hydrogen) atoms. The lowest BCUT2D eigenvalue weighted by atomic mass is 10.2. The molecular weight excluding hydrogens is 366 g/mol. The third kappa shape index (κ3) is 3.48. The first-order valence-electron chi connectivity index (χ1n) is 8.27. The lowest BCUT2D eigenvalue weighted by molar-refractivity contribution is 0.617.